The van der Waals surface area contributed by atoms with Crippen LogP contribution in [-0.2, 0) is 28.5 Å². The van der Waals surface area contributed by atoms with Crippen LogP contribution < -0.4 is 0 Å². The minimum Gasteiger partial charge on any atom is -0.481 e. The maximum Gasteiger partial charge on any atom is 0.311 e. The molecule has 0 aliphatic rings. The second-order valence-electron chi connectivity index (χ2n) is 13.4. The summed E-state index contributed by atoms with van der Waals surface area (Å²) in [5, 5.41) is 28.4. The molecule has 0 amide bonds. The van der Waals surface area contributed by atoms with Gasteiger partial charge in [0.25, 0.3) is 0 Å². The van der Waals surface area contributed by atoms with Gasteiger partial charge in [-0.25, -0.2) is 0 Å². The van der Waals surface area contributed by atoms with Crippen molar-refractivity contribution in [2.75, 3.05) is 39.6 Å². The van der Waals surface area contributed by atoms with Crippen molar-refractivity contribution < 1.29 is 43.9 Å². The van der Waals surface area contributed by atoms with Gasteiger partial charge in [-0.1, -0.05) is 130 Å². The van der Waals surface area contributed by atoms with Gasteiger partial charge in [0.1, 0.15) is 5.92 Å². The minimum absolute atomic E-state index is 0.0471. The average Bonchev–Trinajstić information content (AvgIpc) is 2.97. The fourth-order valence-electron chi connectivity index (χ4n) is 5.31. The van der Waals surface area contributed by atoms with Crippen LogP contribution >= 0.6 is 0 Å². The van der Waals surface area contributed by atoms with E-state index in [-0.39, 0.29) is 26.4 Å². The van der Waals surface area contributed by atoms with Gasteiger partial charge in [0, 0.05) is 13.2 Å². The van der Waals surface area contributed by atoms with Crippen LogP contribution in [-0.4, -0.2) is 79.3 Å². The Morgan fingerprint density at radius 3 is 1.42 bits per heavy atom. The van der Waals surface area contributed by atoms with Crippen LogP contribution in [0.1, 0.15) is 150 Å². The van der Waals surface area contributed by atoms with E-state index in [0.717, 1.165) is 50.4 Å². The Morgan fingerprint density at radius 1 is 0.556 bits per heavy atom. The SMILES string of the molecule is CC(C)CCCCCCCCCCOC(COCCO)OCC(C(=O)O)C(CC(=O)O)OCCCCCCCCCCC(C)C. The number of carboxylic acids is 2. The van der Waals surface area contributed by atoms with Crippen molar-refractivity contribution in [1.29, 1.82) is 0 Å². The minimum atomic E-state index is -1.17. The van der Waals surface area contributed by atoms with Crippen LogP contribution in [0, 0.1) is 17.8 Å². The van der Waals surface area contributed by atoms with E-state index in [1.807, 2.05) is 0 Å². The summed E-state index contributed by atoms with van der Waals surface area (Å²) in [6, 6.07) is 0. The van der Waals surface area contributed by atoms with E-state index in [4.69, 9.17) is 24.1 Å². The molecule has 3 atom stereocenters. The van der Waals surface area contributed by atoms with Gasteiger partial charge in [0.2, 0.25) is 0 Å². The molecule has 3 unspecified atom stereocenters. The van der Waals surface area contributed by atoms with Crippen molar-refractivity contribution in [2.45, 2.75) is 162 Å². The molecule has 9 nitrogen and oxygen atoms in total. The number of ether oxygens (including phenoxy) is 4. The first kappa shape index (κ1) is 43.7. The normalized spacial score (nSPS) is 13.8. The molecule has 0 spiro atoms. The van der Waals surface area contributed by atoms with Gasteiger partial charge >= 0.3 is 11.9 Å². The molecule has 45 heavy (non-hydrogen) atoms. The number of aliphatic hydroxyl groups excluding tert-OH is 1. The zero-order valence-electron chi connectivity index (χ0n) is 29.4. The van der Waals surface area contributed by atoms with Gasteiger partial charge in [-0.05, 0) is 24.7 Å². The standard InChI is InChI=1S/C36H70O9/c1-30(2)21-17-13-9-5-7-11-15-19-24-43-33(27-34(38)39)32(36(40)41)28-45-35(29-42-26-23-37)44-25-20-16-12-8-6-10-14-18-22-31(3)4/h30-33,35,37H,5-29H2,1-4H3,(H,38,39)(H,40,41). The van der Waals surface area contributed by atoms with Crippen LogP contribution in [0.4, 0.5) is 0 Å². The molecule has 0 heterocycles. The number of unbranched alkanes of at least 4 members (excludes halogenated alkanes) is 14. The van der Waals surface area contributed by atoms with Crippen molar-refractivity contribution >= 4 is 11.9 Å². The summed E-state index contributed by atoms with van der Waals surface area (Å²) in [6.45, 7) is 9.59. The largest absolute Gasteiger partial charge is 0.481 e. The quantitative estimate of drug-likeness (QED) is 0.0460. The summed E-state index contributed by atoms with van der Waals surface area (Å²) in [5.41, 5.74) is 0. The third-order valence-corrected chi connectivity index (χ3v) is 8.08. The van der Waals surface area contributed by atoms with E-state index in [2.05, 4.69) is 27.7 Å². The lowest BCUT2D eigenvalue weighted by Crippen LogP contribution is -2.38. The van der Waals surface area contributed by atoms with Gasteiger partial charge in [-0.3, -0.25) is 9.59 Å². The predicted molar refractivity (Wildman–Crippen MR) is 179 cm³/mol. The number of carbonyl (C=O) groups is 2. The number of hydrogen-bond acceptors (Lipinski definition) is 7. The molecule has 0 aromatic rings. The number of aliphatic hydroxyl groups is 1. The summed E-state index contributed by atoms with van der Waals surface area (Å²) in [4.78, 5) is 23.7. The Bertz CT molecular complexity index is 671. The predicted octanol–water partition coefficient (Wildman–Crippen LogP) is 8.25. The van der Waals surface area contributed by atoms with Crippen LogP contribution in [0.2, 0.25) is 0 Å². The zero-order valence-corrected chi connectivity index (χ0v) is 29.4. The molecule has 0 aliphatic heterocycles. The molecule has 0 aromatic heterocycles. The lowest BCUT2D eigenvalue weighted by atomic mass is 10.0. The first-order chi connectivity index (χ1) is 21.7. The molecule has 0 saturated heterocycles. The second-order valence-corrected chi connectivity index (χ2v) is 13.4. The summed E-state index contributed by atoms with van der Waals surface area (Å²) in [5.74, 6) is -1.88. The van der Waals surface area contributed by atoms with Gasteiger partial charge in [0.05, 0.1) is 39.0 Å². The first-order valence-corrected chi connectivity index (χ1v) is 18.1. The Kier molecular flexibility index (Phi) is 30.5. The Hall–Kier alpha value is -1.26. The van der Waals surface area contributed by atoms with Crippen LogP contribution in [0.25, 0.3) is 0 Å². The Labute approximate surface area is 275 Å². The second kappa shape index (κ2) is 31.3. The van der Waals surface area contributed by atoms with Gasteiger partial charge in [-0.15, -0.1) is 0 Å². The molecular formula is C36H70O9. The maximum absolute atomic E-state index is 12.1. The van der Waals surface area contributed by atoms with Crippen molar-refractivity contribution in [3.05, 3.63) is 0 Å². The summed E-state index contributed by atoms with van der Waals surface area (Å²) < 4.78 is 22.9. The molecule has 0 aromatic carbocycles. The fraction of sp³-hybridized carbons (Fsp3) is 0.944. The number of hydrogen-bond donors (Lipinski definition) is 3. The van der Waals surface area contributed by atoms with Crippen molar-refractivity contribution in [1.82, 2.24) is 0 Å². The summed E-state index contributed by atoms with van der Waals surface area (Å²) in [6.07, 6.45) is 18.9. The number of carboxylic acid groups (broad SMARTS) is 2. The third-order valence-electron chi connectivity index (χ3n) is 8.08. The lowest BCUT2D eigenvalue weighted by molar-refractivity contribution is -0.192. The molecule has 0 saturated carbocycles. The van der Waals surface area contributed by atoms with Crippen molar-refractivity contribution in [3.63, 3.8) is 0 Å². The van der Waals surface area contributed by atoms with Crippen LogP contribution in [0.5, 0.6) is 0 Å². The molecule has 0 radical (unpaired) electrons. The maximum atomic E-state index is 12.1. The highest BCUT2D eigenvalue weighted by atomic mass is 16.7. The molecule has 268 valence electrons. The summed E-state index contributed by atoms with van der Waals surface area (Å²) in [7, 11) is 0. The zero-order chi connectivity index (χ0) is 33.5. The third kappa shape index (κ3) is 29.9. The Balaban J connectivity index is 4.50. The van der Waals surface area contributed by atoms with E-state index >= 15 is 0 Å². The van der Waals surface area contributed by atoms with E-state index in [9.17, 15) is 19.8 Å². The van der Waals surface area contributed by atoms with E-state index in [1.165, 1.54) is 77.0 Å². The monoisotopic (exact) mass is 647 g/mol. The average molecular weight is 647 g/mol. The van der Waals surface area contributed by atoms with Gasteiger partial charge in [-0.2, -0.15) is 0 Å². The van der Waals surface area contributed by atoms with E-state index < -0.39 is 36.7 Å². The molecular weight excluding hydrogens is 576 g/mol. The highest BCUT2D eigenvalue weighted by Gasteiger charge is 2.32. The van der Waals surface area contributed by atoms with Crippen molar-refractivity contribution in [2.24, 2.45) is 17.8 Å². The molecule has 3 N–H and O–H groups in total. The highest BCUT2D eigenvalue weighted by Crippen LogP contribution is 2.18. The highest BCUT2D eigenvalue weighted by molar-refractivity contribution is 5.73. The van der Waals surface area contributed by atoms with Crippen LogP contribution in [0.15, 0.2) is 0 Å². The number of rotatable bonds is 35. The van der Waals surface area contributed by atoms with E-state index in [1.54, 1.807) is 0 Å². The molecule has 0 fully saturated rings. The van der Waals surface area contributed by atoms with Gasteiger partial charge < -0.3 is 34.3 Å². The lowest BCUT2D eigenvalue weighted by Gasteiger charge is -2.26. The fourth-order valence-corrected chi connectivity index (χ4v) is 5.31. The van der Waals surface area contributed by atoms with E-state index in [0.29, 0.717) is 13.2 Å². The summed E-state index contributed by atoms with van der Waals surface area (Å²) >= 11 is 0. The number of aliphatic carboxylic acids is 2. The van der Waals surface area contributed by atoms with Crippen LogP contribution in [0.3, 0.4) is 0 Å². The molecule has 0 bridgehead atoms. The first-order valence-electron chi connectivity index (χ1n) is 18.1. The topological polar surface area (TPSA) is 132 Å². The molecule has 0 rings (SSSR count). The Morgan fingerprint density at radius 2 is 1.00 bits per heavy atom. The molecule has 0 aliphatic carbocycles. The van der Waals surface area contributed by atoms with Gasteiger partial charge in [0.15, 0.2) is 6.29 Å². The smallest absolute Gasteiger partial charge is 0.311 e. The molecule has 9 heteroatoms. The van der Waals surface area contributed by atoms with Crippen molar-refractivity contribution in [3.8, 4) is 0 Å².